The van der Waals surface area contributed by atoms with Crippen LogP contribution >= 0.6 is 12.4 Å². The van der Waals surface area contributed by atoms with E-state index in [-0.39, 0.29) is 42.1 Å². The van der Waals surface area contributed by atoms with Crippen molar-refractivity contribution in [3.8, 4) is 0 Å². The van der Waals surface area contributed by atoms with E-state index < -0.39 is 0 Å². The Morgan fingerprint density at radius 3 is 2.46 bits per heavy atom. The lowest BCUT2D eigenvalue weighted by atomic mass is 9.90. The number of hydrogen-bond donors (Lipinski definition) is 2. The maximum atomic E-state index is 12.6. The molecule has 1 aromatic carbocycles. The first-order valence-corrected chi connectivity index (χ1v) is 8.14. The minimum atomic E-state index is -0.287. The van der Waals surface area contributed by atoms with Crippen molar-refractivity contribution in [2.24, 2.45) is 11.1 Å². The number of carbonyl (C=O) groups is 2. The highest BCUT2D eigenvalue weighted by molar-refractivity contribution is 5.85. The monoisotopic (exact) mass is 353 g/mol. The molecule has 134 valence electrons. The van der Waals surface area contributed by atoms with E-state index in [0.29, 0.717) is 13.1 Å². The molecule has 1 fully saturated rings. The molecule has 0 radical (unpaired) electrons. The van der Waals surface area contributed by atoms with Crippen molar-refractivity contribution in [1.82, 2.24) is 10.2 Å². The quantitative estimate of drug-likeness (QED) is 0.851. The van der Waals surface area contributed by atoms with E-state index in [2.05, 4.69) is 12.2 Å². The lowest BCUT2D eigenvalue weighted by Crippen LogP contribution is -2.37. The van der Waals surface area contributed by atoms with Crippen LogP contribution in [0.1, 0.15) is 43.9 Å². The number of halogens is 1. The molecule has 5 nitrogen and oxygen atoms in total. The number of benzene rings is 1. The number of amides is 2. The summed E-state index contributed by atoms with van der Waals surface area (Å²) in [6, 6.07) is 7.64. The van der Waals surface area contributed by atoms with Crippen LogP contribution in [0.2, 0.25) is 0 Å². The molecule has 6 heteroatoms. The molecule has 0 aliphatic carbocycles. The Balaban J connectivity index is 0.00000288. The molecule has 0 spiro atoms. The number of nitrogens with zero attached hydrogens (tertiary/aromatic N) is 1. The Labute approximate surface area is 150 Å². The van der Waals surface area contributed by atoms with E-state index in [0.717, 1.165) is 24.1 Å². The highest BCUT2D eigenvalue weighted by Crippen LogP contribution is 2.30. The highest BCUT2D eigenvalue weighted by atomic mass is 35.5. The zero-order valence-corrected chi connectivity index (χ0v) is 15.5. The van der Waals surface area contributed by atoms with E-state index in [4.69, 9.17) is 5.73 Å². The van der Waals surface area contributed by atoms with E-state index >= 15 is 0 Å². The molecule has 2 atom stereocenters. The second-order valence-corrected chi connectivity index (χ2v) is 6.95. The SMILES string of the molecule is CC(=O)NC(CC(=O)N1CCC(C)(CN)C1)c1ccc(C)cc1.Cl. The van der Waals surface area contributed by atoms with Crippen molar-refractivity contribution in [2.45, 2.75) is 39.7 Å². The van der Waals surface area contributed by atoms with Gasteiger partial charge in [0.1, 0.15) is 0 Å². The van der Waals surface area contributed by atoms with Crippen molar-refractivity contribution < 1.29 is 9.59 Å². The highest BCUT2D eigenvalue weighted by Gasteiger charge is 2.35. The maximum Gasteiger partial charge on any atom is 0.225 e. The molecule has 3 N–H and O–H groups in total. The van der Waals surface area contributed by atoms with Gasteiger partial charge in [-0.25, -0.2) is 0 Å². The summed E-state index contributed by atoms with van der Waals surface area (Å²) in [4.78, 5) is 26.0. The number of rotatable bonds is 5. The first kappa shape index (κ1) is 20.5. The van der Waals surface area contributed by atoms with Crippen LogP contribution in [0, 0.1) is 12.3 Å². The summed E-state index contributed by atoms with van der Waals surface area (Å²) in [7, 11) is 0. The largest absolute Gasteiger partial charge is 0.349 e. The van der Waals surface area contributed by atoms with Gasteiger partial charge in [0.25, 0.3) is 0 Å². The standard InChI is InChI=1S/C18H27N3O2.ClH/c1-13-4-6-15(7-5-13)16(20-14(2)22)10-17(23)21-9-8-18(3,11-19)12-21;/h4-7,16H,8-12,19H2,1-3H3,(H,20,22);1H. The number of likely N-dealkylation sites (tertiary alicyclic amines) is 1. The predicted octanol–water partition coefficient (Wildman–Crippen LogP) is 2.18. The van der Waals surface area contributed by atoms with Gasteiger partial charge in [-0.3, -0.25) is 9.59 Å². The van der Waals surface area contributed by atoms with Gasteiger partial charge >= 0.3 is 0 Å². The fourth-order valence-corrected chi connectivity index (χ4v) is 3.00. The van der Waals surface area contributed by atoms with Gasteiger partial charge in [0.2, 0.25) is 11.8 Å². The molecule has 1 saturated heterocycles. The van der Waals surface area contributed by atoms with Crippen LogP contribution in [0.4, 0.5) is 0 Å². The van der Waals surface area contributed by atoms with Gasteiger partial charge in [-0.05, 0) is 30.9 Å². The zero-order chi connectivity index (χ0) is 17.0. The molecular weight excluding hydrogens is 326 g/mol. The molecule has 0 bridgehead atoms. The summed E-state index contributed by atoms with van der Waals surface area (Å²) in [5.41, 5.74) is 7.94. The van der Waals surface area contributed by atoms with Gasteiger partial charge in [-0.1, -0.05) is 36.8 Å². The summed E-state index contributed by atoms with van der Waals surface area (Å²) in [5.74, 6) is -0.0573. The zero-order valence-electron chi connectivity index (χ0n) is 14.7. The van der Waals surface area contributed by atoms with Crippen LogP contribution in [-0.4, -0.2) is 36.3 Å². The Morgan fingerprint density at radius 1 is 1.33 bits per heavy atom. The number of hydrogen-bond acceptors (Lipinski definition) is 3. The fourth-order valence-electron chi connectivity index (χ4n) is 3.00. The molecule has 0 saturated carbocycles. The average molecular weight is 354 g/mol. The van der Waals surface area contributed by atoms with Gasteiger partial charge in [-0.2, -0.15) is 0 Å². The molecule has 1 aliphatic rings. The molecule has 2 rings (SSSR count). The van der Waals surface area contributed by atoms with Crippen molar-refractivity contribution in [1.29, 1.82) is 0 Å². The number of carbonyl (C=O) groups excluding carboxylic acids is 2. The predicted molar refractivity (Wildman–Crippen MR) is 98.0 cm³/mol. The van der Waals surface area contributed by atoms with Crippen molar-refractivity contribution >= 4 is 24.2 Å². The van der Waals surface area contributed by atoms with Gasteiger partial charge in [0, 0.05) is 20.0 Å². The topological polar surface area (TPSA) is 75.4 Å². The van der Waals surface area contributed by atoms with Crippen LogP contribution < -0.4 is 11.1 Å². The van der Waals surface area contributed by atoms with Crippen molar-refractivity contribution in [2.75, 3.05) is 19.6 Å². The van der Waals surface area contributed by atoms with E-state index in [9.17, 15) is 9.59 Å². The minimum absolute atomic E-state index is 0. The van der Waals surface area contributed by atoms with Crippen molar-refractivity contribution in [3.05, 3.63) is 35.4 Å². The first-order valence-electron chi connectivity index (χ1n) is 8.14. The molecule has 1 aliphatic heterocycles. The van der Waals surface area contributed by atoms with Gasteiger partial charge in [0.15, 0.2) is 0 Å². The molecular formula is C18H28ClN3O2. The van der Waals surface area contributed by atoms with Crippen LogP contribution in [0.15, 0.2) is 24.3 Å². The number of nitrogens with one attached hydrogen (secondary N) is 1. The third-order valence-electron chi connectivity index (χ3n) is 4.64. The van der Waals surface area contributed by atoms with E-state index in [1.54, 1.807) is 0 Å². The summed E-state index contributed by atoms with van der Waals surface area (Å²) < 4.78 is 0. The van der Waals surface area contributed by atoms with Crippen molar-refractivity contribution in [3.63, 3.8) is 0 Å². The summed E-state index contributed by atoms with van der Waals surface area (Å²) in [6.07, 6.45) is 1.22. The van der Waals surface area contributed by atoms with Gasteiger partial charge in [0.05, 0.1) is 12.5 Å². The maximum absolute atomic E-state index is 12.6. The normalized spacial score (nSPS) is 21.1. The average Bonchev–Trinajstić information content (AvgIpc) is 2.90. The molecule has 24 heavy (non-hydrogen) atoms. The Bertz CT molecular complexity index is 576. The molecule has 0 aromatic heterocycles. The van der Waals surface area contributed by atoms with E-state index in [1.807, 2.05) is 36.1 Å². The third-order valence-corrected chi connectivity index (χ3v) is 4.64. The molecule has 2 unspecified atom stereocenters. The first-order chi connectivity index (χ1) is 10.8. The fraction of sp³-hybridized carbons (Fsp3) is 0.556. The van der Waals surface area contributed by atoms with Gasteiger partial charge in [-0.15, -0.1) is 12.4 Å². The number of aryl methyl sites for hydroxylation is 1. The lowest BCUT2D eigenvalue weighted by Gasteiger charge is -2.25. The smallest absolute Gasteiger partial charge is 0.225 e. The second kappa shape index (κ2) is 8.49. The minimum Gasteiger partial charge on any atom is -0.349 e. The summed E-state index contributed by atoms with van der Waals surface area (Å²) >= 11 is 0. The Hall–Kier alpha value is -1.59. The van der Waals surface area contributed by atoms with Crippen LogP contribution in [-0.2, 0) is 9.59 Å². The van der Waals surface area contributed by atoms with Gasteiger partial charge < -0.3 is 16.0 Å². The second-order valence-electron chi connectivity index (χ2n) is 6.95. The Morgan fingerprint density at radius 2 is 1.96 bits per heavy atom. The van der Waals surface area contributed by atoms with Crippen LogP contribution in [0.25, 0.3) is 0 Å². The third kappa shape index (κ3) is 5.21. The van der Waals surface area contributed by atoms with Crippen LogP contribution in [0.3, 0.4) is 0 Å². The molecule has 1 heterocycles. The molecule has 1 aromatic rings. The lowest BCUT2D eigenvalue weighted by molar-refractivity contribution is -0.131. The van der Waals surface area contributed by atoms with Crippen LogP contribution in [0.5, 0.6) is 0 Å². The summed E-state index contributed by atoms with van der Waals surface area (Å²) in [5, 5.41) is 2.89. The Kier molecular flexibility index (Phi) is 7.24. The number of nitrogens with two attached hydrogens (primary N) is 1. The summed E-state index contributed by atoms with van der Waals surface area (Å²) in [6.45, 7) is 7.64. The van der Waals surface area contributed by atoms with E-state index in [1.165, 1.54) is 6.92 Å². The molecule has 2 amide bonds.